The van der Waals surface area contributed by atoms with Crippen LogP contribution in [-0.2, 0) is 4.79 Å². The molecule has 1 aromatic rings. The van der Waals surface area contributed by atoms with Crippen molar-refractivity contribution in [2.24, 2.45) is 0 Å². The highest BCUT2D eigenvalue weighted by molar-refractivity contribution is 5.93. The van der Waals surface area contributed by atoms with Gasteiger partial charge >= 0.3 is 0 Å². The number of carbonyl (C=O) groups excluding carboxylic acids is 1. The Balaban J connectivity index is 2.47. The number of benzene rings is 1. The summed E-state index contributed by atoms with van der Waals surface area (Å²) in [6.45, 7) is 4.91. The van der Waals surface area contributed by atoms with Crippen LogP contribution in [0, 0.1) is 5.82 Å². The molecule has 5 heteroatoms. The molecule has 1 amide bonds. The Morgan fingerprint density at radius 1 is 1.53 bits per heavy atom. The van der Waals surface area contributed by atoms with E-state index in [-0.39, 0.29) is 11.6 Å². The molecule has 1 atom stereocenters. The lowest BCUT2D eigenvalue weighted by Crippen LogP contribution is -2.31. The fourth-order valence-corrected chi connectivity index (χ4v) is 1.67. The zero-order chi connectivity index (χ0) is 14.4. The Kier molecular flexibility index (Phi) is 5.76. The fourth-order valence-electron chi connectivity index (χ4n) is 1.67. The summed E-state index contributed by atoms with van der Waals surface area (Å²) >= 11 is 0. The summed E-state index contributed by atoms with van der Waals surface area (Å²) in [6.07, 6.45) is 1.43. The summed E-state index contributed by atoms with van der Waals surface area (Å²) in [5.74, 6) is -0.527. The van der Waals surface area contributed by atoms with Gasteiger partial charge in [-0.3, -0.25) is 4.79 Å². The van der Waals surface area contributed by atoms with Crippen LogP contribution in [-0.4, -0.2) is 30.4 Å². The Labute approximate surface area is 113 Å². The molecule has 4 nitrogen and oxygen atoms in total. The summed E-state index contributed by atoms with van der Waals surface area (Å²) in [6, 6.07) is 4.39. The topological polar surface area (TPSA) is 58.4 Å². The molecule has 19 heavy (non-hydrogen) atoms. The lowest BCUT2D eigenvalue weighted by molar-refractivity contribution is -0.116. The minimum atomic E-state index is -0.410. The molecule has 0 heterocycles. The minimum Gasteiger partial charge on any atom is -0.397 e. The van der Waals surface area contributed by atoms with Crippen molar-refractivity contribution in [2.45, 2.75) is 32.7 Å². The second-order valence-corrected chi connectivity index (χ2v) is 4.77. The number of nitrogens with two attached hydrogens (primary N) is 1. The lowest BCUT2D eigenvalue weighted by Gasteiger charge is -2.23. The Morgan fingerprint density at radius 3 is 2.79 bits per heavy atom. The summed E-state index contributed by atoms with van der Waals surface area (Å²) in [5.41, 5.74) is 6.33. The summed E-state index contributed by atoms with van der Waals surface area (Å²) < 4.78 is 12.9. The summed E-state index contributed by atoms with van der Waals surface area (Å²) in [4.78, 5) is 13.9. The number of nitrogen functional groups attached to an aromatic ring is 1. The summed E-state index contributed by atoms with van der Waals surface area (Å²) in [7, 11) is 1.99. The van der Waals surface area contributed by atoms with Crippen molar-refractivity contribution in [3.63, 3.8) is 0 Å². The number of hydrogen-bond acceptors (Lipinski definition) is 3. The van der Waals surface area contributed by atoms with Crippen LogP contribution in [0.15, 0.2) is 18.2 Å². The third-order valence-electron chi connectivity index (χ3n) is 3.32. The van der Waals surface area contributed by atoms with Gasteiger partial charge in [-0.05, 0) is 38.6 Å². The largest absolute Gasteiger partial charge is 0.397 e. The van der Waals surface area contributed by atoms with Gasteiger partial charge in [0.25, 0.3) is 0 Å². The van der Waals surface area contributed by atoms with E-state index in [1.54, 1.807) is 0 Å². The van der Waals surface area contributed by atoms with Crippen LogP contribution < -0.4 is 11.1 Å². The van der Waals surface area contributed by atoms with Gasteiger partial charge in [-0.15, -0.1) is 0 Å². The van der Waals surface area contributed by atoms with E-state index in [2.05, 4.69) is 24.1 Å². The quantitative estimate of drug-likeness (QED) is 0.778. The van der Waals surface area contributed by atoms with E-state index >= 15 is 0 Å². The van der Waals surface area contributed by atoms with Gasteiger partial charge in [0.05, 0.1) is 11.4 Å². The SMILES string of the molecule is CCC(C)N(C)CCC(=O)Nc1ccc(F)cc1N. The molecule has 0 saturated heterocycles. The van der Waals surface area contributed by atoms with Crippen molar-refractivity contribution in [3.8, 4) is 0 Å². The maximum atomic E-state index is 12.9. The van der Waals surface area contributed by atoms with Crippen molar-refractivity contribution in [1.82, 2.24) is 4.90 Å². The van der Waals surface area contributed by atoms with E-state index in [1.807, 2.05) is 7.05 Å². The highest BCUT2D eigenvalue weighted by Crippen LogP contribution is 2.19. The van der Waals surface area contributed by atoms with Crippen molar-refractivity contribution >= 4 is 17.3 Å². The lowest BCUT2D eigenvalue weighted by atomic mass is 10.2. The van der Waals surface area contributed by atoms with Crippen molar-refractivity contribution in [2.75, 3.05) is 24.6 Å². The van der Waals surface area contributed by atoms with Crippen LogP contribution in [0.5, 0.6) is 0 Å². The third kappa shape index (κ3) is 4.87. The maximum absolute atomic E-state index is 12.9. The normalized spacial score (nSPS) is 12.5. The van der Waals surface area contributed by atoms with Gasteiger partial charge in [-0.1, -0.05) is 6.92 Å². The van der Waals surface area contributed by atoms with E-state index in [0.717, 1.165) is 6.42 Å². The Hall–Kier alpha value is -1.62. The molecular formula is C14H22FN3O. The second kappa shape index (κ2) is 7.09. The van der Waals surface area contributed by atoms with E-state index < -0.39 is 5.82 Å². The number of nitrogens with zero attached hydrogens (tertiary/aromatic N) is 1. The molecule has 0 aromatic heterocycles. The van der Waals surface area contributed by atoms with Crippen LogP contribution in [0.4, 0.5) is 15.8 Å². The molecule has 0 saturated carbocycles. The number of nitrogens with one attached hydrogen (secondary N) is 1. The Morgan fingerprint density at radius 2 is 2.21 bits per heavy atom. The molecule has 1 unspecified atom stereocenters. The average Bonchev–Trinajstić information content (AvgIpc) is 2.38. The first-order valence-corrected chi connectivity index (χ1v) is 6.49. The molecule has 0 bridgehead atoms. The molecule has 0 aliphatic heterocycles. The first-order valence-electron chi connectivity index (χ1n) is 6.49. The van der Waals surface area contributed by atoms with Crippen LogP contribution in [0.25, 0.3) is 0 Å². The maximum Gasteiger partial charge on any atom is 0.225 e. The molecule has 3 N–H and O–H groups in total. The van der Waals surface area contributed by atoms with Gasteiger partial charge in [-0.25, -0.2) is 4.39 Å². The molecule has 0 radical (unpaired) electrons. The molecular weight excluding hydrogens is 245 g/mol. The first-order chi connectivity index (χ1) is 8.93. The highest BCUT2D eigenvalue weighted by Gasteiger charge is 2.10. The molecule has 106 valence electrons. The van der Waals surface area contributed by atoms with Gasteiger partial charge in [0.2, 0.25) is 5.91 Å². The molecule has 1 aromatic carbocycles. The van der Waals surface area contributed by atoms with Crippen LogP contribution >= 0.6 is 0 Å². The average molecular weight is 267 g/mol. The smallest absolute Gasteiger partial charge is 0.225 e. The number of anilines is 2. The molecule has 0 aliphatic rings. The summed E-state index contributed by atoms with van der Waals surface area (Å²) in [5, 5.41) is 2.69. The van der Waals surface area contributed by atoms with Gasteiger partial charge < -0.3 is 16.0 Å². The number of carbonyl (C=O) groups is 1. The zero-order valence-corrected chi connectivity index (χ0v) is 11.7. The molecule has 1 rings (SSSR count). The van der Waals surface area contributed by atoms with Crippen molar-refractivity contribution < 1.29 is 9.18 Å². The van der Waals surface area contributed by atoms with E-state index in [4.69, 9.17) is 5.73 Å². The van der Waals surface area contributed by atoms with Crippen molar-refractivity contribution in [1.29, 1.82) is 0 Å². The molecule has 0 aliphatic carbocycles. The number of halogens is 1. The third-order valence-corrected chi connectivity index (χ3v) is 3.32. The Bertz CT molecular complexity index is 437. The second-order valence-electron chi connectivity index (χ2n) is 4.77. The van der Waals surface area contributed by atoms with E-state index in [1.165, 1.54) is 18.2 Å². The van der Waals surface area contributed by atoms with Gasteiger partial charge in [-0.2, -0.15) is 0 Å². The number of amides is 1. The van der Waals surface area contributed by atoms with Crippen molar-refractivity contribution in [3.05, 3.63) is 24.0 Å². The monoisotopic (exact) mass is 267 g/mol. The van der Waals surface area contributed by atoms with Crippen LogP contribution in [0.1, 0.15) is 26.7 Å². The minimum absolute atomic E-state index is 0.117. The van der Waals surface area contributed by atoms with Gasteiger partial charge in [0, 0.05) is 19.0 Å². The van der Waals surface area contributed by atoms with E-state index in [9.17, 15) is 9.18 Å². The predicted octanol–water partition coefficient (Wildman–Crippen LogP) is 2.47. The zero-order valence-electron chi connectivity index (χ0n) is 11.7. The van der Waals surface area contributed by atoms with E-state index in [0.29, 0.717) is 24.7 Å². The van der Waals surface area contributed by atoms with Crippen LogP contribution in [0.2, 0.25) is 0 Å². The highest BCUT2D eigenvalue weighted by atomic mass is 19.1. The standard InChI is InChI=1S/C14H22FN3O/c1-4-10(2)18(3)8-7-14(19)17-13-6-5-11(15)9-12(13)16/h5-6,9-10H,4,7-8,16H2,1-3H3,(H,17,19). The fraction of sp³-hybridized carbons (Fsp3) is 0.500. The number of rotatable bonds is 6. The molecule has 0 fully saturated rings. The van der Waals surface area contributed by atoms with Gasteiger partial charge in [0.15, 0.2) is 0 Å². The van der Waals surface area contributed by atoms with Crippen LogP contribution in [0.3, 0.4) is 0 Å². The van der Waals surface area contributed by atoms with Gasteiger partial charge in [0.1, 0.15) is 5.82 Å². The predicted molar refractivity (Wildman–Crippen MR) is 76.4 cm³/mol. The molecule has 0 spiro atoms. The first kappa shape index (κ1) is 15.4. The number of hydrogen-bond donors (Lipinski definition) is 2.